The smallest absolute Gasteiger partial charge is 0.341 e. The van der Waals surface area contributed by atoms with Crippen LogP contribution in [0.4, 0.5) is 11.4 Å². The van der Waals surface area contributed by atoms with E-state index in [1.807, 2.05) is 0 Å². The number of methoxy groups -OCH3 is 2. The first-order valence-corrected chi connectivity index (χ1v) is 9.54. The van der Waals surface area contributed by atoms with Crippen LogP contribution < -0.4 is 10.1 Å². The molecule has 0 saturated carbocycles. The van der Waals surface area contributed by atoms with Crippen LogP contribution in [0, 0.1) is 10.1 Å². The van der Waals surface area contributed by atoms with Gasteiger partial charge < -0.3 is 14.8 Å². The minimum atomic E-state index is -3.57. The number of benzene rings is 2. The summed E-state index contributed by atoms with van der Waals surface area (Å²) >= 11 is 0. The topological polar surface area (TPSA) is 125 Å². The van der Waals surface area contributed by atoms with E-state index in [4.69, 9.17) is 9.47 Å². The zero-order valence-electron chi connectivity index (χ0n) is 14.9. The average molecular weight is 394 g/mol. The van der Waals surface area contributed by atoms with E-state index in [0.29, 0.717) is 11.3 Å². The number of carbonyl (C=O) groups is 1. The molecule has 0 amide bonds. The fourth-order valence-electron chi connectivity index (χ4n) is 2.37. The van der Waals surface area contributed by atoms with Crippen LogP contribution in [0.5, 0.6) is 5.75 Å². The third kappa shape index (κ3) is 4.73. The minimum absolute atomic E-state index is 0.142. The molecule has 0 heterocycles. The first-order chi connectivity index (χ1) is 12.7. The second-order valence-corrected chi connectivity index (χ2v) is 7.60. The molecule has 2 rings (SSSR count). The van der Waals surface area contributed by atoms with Crippen LogP contribution in [0.25, 0.3) is 0 Å². The number of hydrogen-bond donors (Lipinski definition) is 1. The molecule has 0 spiro atoms. The summed E-state index contributed by atoms with van der Waals surface area (Å²) in [6.45, 7) is 0.160. The molecular formula is C17H18N2O7S. The summed E-state index contributed by atoms with van der Waals surface area (Å²) in [6, 6.07) is 8.46. The van der Waals surface area contributed by atoms with E-state index in [1.165, 1.54) is 26.4 Å². The van der Waals surface area contributed by atoms with Gasteiger partial charge in [0.05, 0.1) is 24.0 Å². The van der Waals surface area contributed by atoms with Gasteiger partial charge in [0.25, 0.3) is 5.69 Å². The third-order valence-corrected chi connectivity index (χ3v) is 4.86. The Morgan fingerprint density at radius 2 is 1.89 bits per heavy atom. The molecular weight excluding hydrogens is 376 g/mol. The molecule has 2 aromatic carbocycles. The second-order valence-electron chi connectivity index (χ2n) is 5.59. The number of esters is 1. The van der Waals surface area contributed by atoms with Gasteiger partial charge in [0, 0.05) is 18.9 Å². The number of sulfone groups is 1. The van der Waals surface area contributed by atoms with Gasteiger partial charge in [-0.25, -0.2) is 13.2 Å². The fourth-order valence-corrected chi connectivity index (χ4v) is 3.02. The number of nitro groups is 1. The Hall–Kier alpha value is -3.14. The highest BCUT2D eigenvalue weighted by Gasteiger charge is 2.19. The van der Waals surface area contributed by atoms with E-state index in [9.17, 15) is 23.3 Å². The van der Waals surface area contributed by atoms with Crippen LogP contribution in [0.1, 0.15) is 15.9 Å². The predicted octanol–water partition coefficient (Wildman–Crippen LogP) is 2.41. The van der Waals surface area contributed by atoms with Gasteiger partial charge in [0.15, 0.2) is 9.84 Å². The Kier molecular flexibility index (Phi) is 6.01. The van der Waals surface area contributed by atoms with E-state index in [2.05, 4.69) is 5.32 Å². The van der Waals surface area contributed by atoms with Crippen LogP contribution in [0.3, 0.4) is 0 Å². The summed E-state index contributed by atoms with van der Waals surface area (Å²) in [6.07, 6.45) is 0.977. The first kappa shape index (κ1) is 20.2. The summed E-state index contributed by atoms with van der Waals surface area (Å²) < 4.78 is 33.0. The van der Waals surface area contributed by atoms with Crippen molar-refractivity contribution in [3.05, 3.63) is 57.6 Å². The SMILES string of the molecule is COC(=O)c1cc(CNc2ccc(S(C)(=O)=O)cc2[N+](=O)[O-])ccc1OC. The minimum Gasteiger partial charge on any atom is -0.496 e. The van der Waals surface area contributed by atoms with E-state index < -0.39 is 20.7 Å². The Morgan fingerprint density at radius 3 is 2.44 bits per heavy atom. The molecule has 9 nitrogen and oxygen atoms in total. The molecule has 10 heteroatoms. The highest BCUT2D eigenvalue weighted by molar-refractivity contribution is 7.90. The predicted molar refractivity (Wildman–Crippen MR) is 97.9 cm³/mol. The normalized spacial score (nSPS) is 10.9. The number of hydrogen-bond acceptors (Lipinski definition) is 8. The number of carbonyl (C=O) groups excluding carboxylic acids is 1. The van der Waals surface area contributed by atoms with Crippen molar-refractivity contribution >= 4 is 27.2 Å². The van der Waals surface area contributed by atoms with Crippen LogP contribution in [0.2, 0.25) is 0 Å². The molecule has 0 saturated heterocycles. The molecule has 0 aliphatic rings. The zero-order valence-corrected chi connectivity index (χ0v) is 15.7. The van der Waals surface area contributed by atoms with E-state index >= 15 is 0 Å². The number of nitrogens with one attached hydrogen (secondary N) is 1. The third-order valence-electron chi connectivity index (χ3n) is 3.75. The highest BCUT2D eigenvalue weighted by atomic mass is 32.2. The van der Waals surface area contributed by atoms with Gasteiger partial charge in [0.1, 0.15) is 17.0 Å². The van der Waals surface area contributed by atoms with Crippen molar-refractivity contribution in [3.8, 4) is 5.75 Å². The molecule has 0 bridgehead atoms. The maximum Gasteiger partial charge on any atom is 0.341 e. The molecule has 0 atom stereocenters. The molecule has 0 aromatic heterocycles. The molecule has 0 unspecified atom stereocenters. The second kappa shape index (κ2) is 8.04. The Morgan fingerprint density at radius 1 is 1.19 bits per heavy atom. The van der Waals surface area contributed by atoms with Gasteiger partial charge in [-0.05, 0) is 29.8 Å². The summed E-state index contributed by atoms with van der Waals surface area (Å²) in [5.74, 6) is -0.230. The largest absolute Gasteiger partial charge is 0.496 e. The highest BCUT2D eigenvalue weighted by Crippen LogP contribution is 2.28. The van der Waals surface area contributed by atoms with Gasteiger partial charge in [0.2, 0.25) is 0 Å². The lowest BCUT2D eigenvalue weighted by atomic mass is 10.1. The molecule has 1 N–H and O–H groups in total. The molecule has 2 aromatic rings. The summed E-state index contributed by atoms with van der Waals surface area (Å²) in [7, 11) is -0.894. The fraction of sp³-hybridized carbons (Fsp3) is 0.235. The Bertz CT molecular complexity index is 987. The van der Waals surface area contributed by atoms with Crippen molar-refractivity contribution in [1.82, 2.24) is 0 Å². The number of anilines is 1. The molecule has 0 aliphatic carbocycles. The number of rotatable bonds is 7. The molecule has 0 fully saturated rings. The first-order valence-electron chi connectivity index (χ1n) is 7.65. The van der Waals surface area contributed by atoms with Crippen LogP contribution in [-0.4, -0.2) is 39.8 Å². The lowest BCUT2D eigenvalue weighted by molar-refractivity contribution is -0.384. The van der Waals surface area contributed by atoms with Gasteiger partial charge in [-0.1, -0.05) is 6.07 Å². The van der Waals surface area contributed by atoms with Gasteiger partial charge >= 0.3 is 5.97 Å². The van der Waals surface area contributed by atoms with Crippen LogP contribution >= 0.6 is 0 Å². The summed E-state index contributed by atoms with van der Waals surface area (Å²) in [4.78, 5) is 22.3. The van der Waals surface area contributed by atoms with Crippen molar-refractivity contribution in [1.29, 1.82) is 0 Å². The number of nitro benzene ring substituents is 1. The molecule has 0 aliphatic heterocycles. The van der Waals surface area contributed by atoms with E-state index in [-0.39, 0.29) is 28.4 Å². The average Bonchev–Trinajstić information content (AvgIpc) is 2.64. The van der Waals surface area contributed by atoms with Crippen molar-refractivity contribution < 1.29 is 27.6 Å². The Labute approximate surface area is 156 Å². The van der Waals surface area contributed by atoms with Gasteiger partial charge in [-0.15, -0.1) is 0 Å². The lowest BCUT2D eigenvalue weighted by Gasteiger charge is -2.11. The van der Waals surface area contributed by atoms with Crippen molar-refractivity contribution in [2.24, 2.45) is 0 Å². The molecule has 144 valence electrons. The van der Waals surface area contributed by atoms with Crippen LogP contribution in [-0.2, 0) is 21.1 Å². The zero-order chi connectivity index (χ0) is 20.2. The van der Waals surface area contributed by atoms with Crippen LogP contribution in [0.15, 0.2) is 41.3 Å². The lowest BCUT2D eigenvalue weighted by Crippen LogP contribution is -2.08. The van der Waals surface area contributed by atoms with E-state index in [1.54, 1.807) is 18.2 Å². The maximum absolute atomic E-state index is 11.8. The Balaban J connectivity index is 2.31. The summed E-state index contributed by atoms with van der Waals surface area (Å²) in [5.41, 5.74) is 0.668. The molecule has 27 heavy (non-hydrogen) atoms. The van der Waals surface area contributed by atoms with Gasteiger partial charge in [-0.2, -0.15) is 0 Å². The van der Waals surface area contributed by atoms with Crippen molar-refractivity contribution in [2.45, 2.75) is 11.4 Å². The quantitative estimate of drug-likeness (QED) is 0.431. The van der Waals surface area contributed by atoms with E-state index in [0.717, 1.165) is 12.3 Å². The standard InChI is InChI=1S/C17H18N2O7S/c1-25-16-7-4-11(8-13(16)17(20)26-2)10-18-14-6-5-12(27(3,23)24)9-15(14)19(21)22/h4-9,18H,10H2,1-3H3. The summed E-state index contributed by atoms with van der Waals surface area (Å²) in [5, 5.41) is 14.2. The number of nitrogens with zero attached hydrogens (tertiary/aromatic N) is 1. The monoisotopic (exact) mass is 394 g/mol. The number of ether oxygens (including phenoxy) is 2. The van der Waals surface area contributed by atoms with Crippen molar-refractivity contribution in [3.63, 3.8) is 0 Å². The molecule has 0 radical (unpaired) electrons. The maximum atomic E-state index is 11.8. The van der Waals surface area contributed by atoms with Crippen molar-refractivity contribution in [2.75, 3.05) is 25.8 Å². The van der Waals surface area contributed by atoms with Gasteiger partial charge in [-0.3, -0.25) is 10.1 Å².